The molecule has 9 heteroatoms. The van der Waals surface area contributed by atoms with Gasteiger partial charge in [0.05, 0.1) is 5.56 Å². The van der Waals surface area contributed by atoms with Gasteiger partial charge in [-0.2, -0.15) is 0 Å². The molecule has 7 nitrogen and oxygen atoms in total. The van der Waals surface area contributed by atoms with Crippen LogP contribution in [0.4, 0.5) is 0 Å². The van der Waals surface area contributed by atoms with Crippen LogP contribution in [0.15, 0.2) is 51.7 Å². The molecule has 0 spiro atoms. The molecule has 0 aromatic heterocycles. The summed E-state index contributed by atoms with van der Waals surface area (Å²) >= 11 is 12.3. The predicted molar refractivity (Wildman–Crippen MR) is 110 cm³/mol. The number of phenols is 1. The summed E-state index contributed by atoms with van der Waals surface area (Å²) in [6, 6.07) is 9.88. The topological polar surface area (TPSA) is 125 Å². The van der Waals surface area contributed by atoms with Gasteiger partial charge in [0.25, 0.3) is 0 Å². The molecule has 0 saturated carbocycles. The number of carbonyl (C=O) groups is 2. The second-order valence-electron chi connectivity index (χ2n) is 6.35. The highest BCUT2D eigenvalue weighted by Crippen LogP contribution is 2.46. The molecule has 150 valence electrons. The number of benzene rings is 3. The molecule has 0 fully saturated rings. The van der Waals surface area contributed by atoms with Crippen LogP contribution >= 0.6 is 23.2 Å². The summed E-state index contributed by atoms with van der Waals surface area (Å²) in [7, 11) is 0. The highest BCUT2D eigenvalue weighted by atomic mass is 35.5. The number of phenolic OH excluding ortho intramolecular Hbond substituents is 1. The van der Waals surface area contributed by atoms with Crippen molar-refractivity contribution < 1.29 is 29.3 Å². The van der Waals surface area contributed by atoms with Crippen molar-refractivity contribution in [1.82, 2.24) is 0 Å². The lowest BCUT2D eigenvalue weighted by Gasteiger charge is -2.18. The largest absolute Gasteiger partial charge is 0.506 e. The molecule has 2 aliphatic rings. The van der Waals surface area contributed by atoms with Gasteiger partial charge in [-0.1, -0.05) is 41.4 Å². The molecule has 0 unspecified atom stereocenters. The van der Waals surface area contributed by atoms with E-state index in [-0.39, 0.29) is 44.4 Å². The van der Waals surface area contributed by atoms with Gasteiger partial charge < -0.3 is 19.7 Å². The average molecular weight is 445 g/mol. The van der Waals surface area contributed by atoms with Gasteiger partial charge in [-0.15, -0.1) is 0 Å². The van der Waals surface area contributed by atoms with E-state index in [1.165, 1.54) is 30.3 Å². The number of hydrogen-bond donors (Lipinski definition) is 3. The van der Waals surface area contributed by atoms with Gasteiger partial charge in [0.1, 0.15) is 21.4 Å². The van der Waals surface area contributed by atoms with Crippen LogP contribution in [0.25, 0.3) is 33.4 Å². The van der Waals surface area contributed by atoms with E-state index in [4.69, 9.17) is 27.6 Å². The highest BCUT2D eigenvalue weighted by Gasteiger charge is 2.28. The van der Waals surface area contributed by atoms with Crippen LogP contribution < -0.4 is 5.43 Å². The van der Waals surface area contributed by atoms with Crippen molar-refractivity contribution in [2.75, 3.05) is 0 Å². The van der Waals surface area contributed by atoms with Crippen LogP contribution in [0.2, 0.25) is 10.0 Å². The number of aromatic carboxylic acids is 2. The molecule has 0 saturated heterocycles. The zero-order chi connectivity index (χ0) is 21.7. The third kappa shape index (κ3) is 2.87. The fraction of sp³-hybridized carbons (Fsp3) is 0. The number of carboxylic acids is 2. The minimum atomic E-state index is -1.50. The number of hydrogen-bond acceptors (Lipinski definition) is 5. The van der Waals surface area contributed by atoms with Gasteiger partial charge in [0.2, 0.25) is 5.43 Å². The third-order valence-electron chi connectivity index (χ3n) is 4.65. The number of rotatable bonds is 3. The lowest BCUT2D eigenvalue weighted by molar-refractivity contribution is 0.0685. The zero-order valence-corrected chi connectivity index (χ0v) is 16.3. The Balaban J connectivity index is 2.32. The smallest absolute Gasteiger partial charge is 0.339 e. The van der Waals surface area contributed by atoms with Crippen molar-refractivity contribution in [2.24, 2.45) is 0 Å². The van der Waals surface area contributed by atoms with Gasteiger partial charge in [-0.25, -0.2) is 9.59 Å². The maximum absolute atomic E-state index is 12.4. The first-order chi connectivity index (χ1) is 14.2. The van der Waals surface area contributed by atoms with Crippen molar-refractivity contribution in [2.45, 2.75) is 0 Å². The van der Waals surface area contributed by atoms with E-state index in [1.54, 1.807) is 6.07 Å². The normalized spacial score (nSPS) is 11.1. The number of carboxylic acid groups (broad SMARTS) is 2. The van der Waals surface area contributed by atoms with E-state index in [9.17, 15) is 29.7 Å². The lowest BCUT2D eigenvalue weighted by Crippen LogP contribution is -2.16. The van der Waals surface area contributed by atoms with E-state index in [1.807, 2.05) is 0 Å². The first kappa shape index (κ1) is 19.8. The van der Waals surface area contributed by atoms with E-state index in [0.29, 0.717) is 5.39 Å². The Hall–Kier alpha value is -3.55. The summed E-state index contributed by atoms with van der Waals surface area (Å²) in [5, 5.41) is 28.7. The van der Waals surface area contributed by atoms with Crippen molar-refractivity contribution in [1.29, 1.82) is 0 Å². The van der Waals surface area contributed by atoms with Crippen LogP contribution in [0.3, 0.4) is 0 Å². The predicted octanol–water partition coefficient (Wildman–Crippen LogP) is 4.97. The maximum atomic E-state index is 12.4. The molecule has 0 atom stereocenters. The first-order valence-electron chi connectivity index (χ1n) is 8.38. The molecule has 1 aliphatic carbocycles. The molecule has 2 aromatic rings. The summed E-state index contributed by atoms with van der Waals surface area (Å²) in [6.45, 7) is 0. The first-order valence-corrected chi connectivity index (χ1v) is 9.14. The van der Waals surface area contributed by atoms with Crippen molar-refractivity contribution in [3.05, 3.63) is 73.9 Å². The molecule has 30 heavy (non-hydrogen) atoms. The van der Waals surface area contributed by atoms with Gasteiger partial charge in [0.15, 0.2) is 11.3 Å². The molecule has 0 amide bonds. The Morgan fingerprint density at radius 2 is 1.53 bits per heavy atom. The van der Waals surface area contributed by atoms with Gasteiger partial charge >= 0.3 is 11.9 Å². The number of fused-ring (bicyclic) bond motifs is 2. The minimum Gasteiger partial charge on any atom is -0.506 e. The van der Waals surface area contributed by atoms with Gasteiger partial charge in [0, 0.05) is 16.5 Å². The van der Waals surface area contributed by atoms with Crippen LogP contribution in [-0.4, -0.2) is 27.3 Å². The number of halogens is 2. The van der Waals surface area contributed by atoms with E-state index < -0.39 is 28.0 Å². The Bertz CT molecular complexity index is 1400. The third-order valence-corrected chi connectivity index (χ3v) is 5.36. The lowest BCUT2D eigenvalue weighted by atomic mass is 9.89. The number of aromatic hydroxyl groups is 1. The molecule has 4 rings (SSSR count). The second kappa shape index (κ2) is 7.05. The van der Waals surface area contributed by atoms with Gasteiger partial charge in [-0.3, -0.25) is 4.79 Å². The monoisotopic (exact) mass is 444 g/mol. The molecular weight excluding hydrogens is 435 g/mol. The van der Waals surface area contributed by atoms with Crippen molar-refractivity contribution in [3.8, 4) is 28.2 Å². The molecule has 3 N–H and O–H groups in total. The van der Waals surface area contributed by atoms with E-state index in [2.05, 4.69) is 0 Å². The summed E-state index contributed by atoms with van der Waals surface area (Å²) in [6.07, 6.45) is 0. The maximum Gasteiger partial charge on any atom is 0.339 e. The minimum absolute atomic E-state index is 0.0382. The van der Waals surface area contributed by atoms with Crippen molar-refractivity contribution >= 4 is 46.1 Å². The fourth-order valence-electron chi connectivity index (χ4n) is 3.33. The van der Waals surface area contributed by atoms with E-state index in [0.717, 1.165) is 6.07 Å². The summed E-state index contributed by atoms with van der Waals surface area (Å²) in [4.78, 5) is 35.8. The Labute approximate surface area is 177 Å². The SMILES string of the molecule is O=C(O)c1ccccc1-c1c2cc(C(=O)O)c(=O)c(Cl)c-2oc2c(Cl)c(O)ccc12. The Morgan fingerprint density at radius 1 is 0.867 bits per heavy atom. The summed E-state index contributed by atoms with van der Waals surface area (Å²) in [5.74, 6) is -3.19. The Morgan fingerprint density at radius 3 is 2.20 bits per heavy atom. The summed E-state index contributed by atoms with van der Waals surface area (Å²) < 4.78 is 5.70. The van der Waals surface area contributed by atoms with Crippen LogP contribution in [0.5, 0.6) is 5.75 Å². The zero-order valence-electron chi connectivity index (χ0n) is 14.8. The van der Waals surface area contributed by atoms with E-state index >= 15 is 0 Å². The van der Waals surface area contributed by atoms with Crippen molar-refractivity contribution in [3.63, 3.8) is 0 Å². The molecule has 1 heterocycles. The van der Waals surface area contributed by atoms with Gasteiger partial charge in [-0.05, 0) is 29.8 Å². The molecule has 0 bridgehead atoms. The fourth-order valence-corrected chi connectivity index (χ4v) is 3.77. The second-order valence-corrected chi connectivity index (χ2v) is 7.11. The van der Waals surface area contributed by atoms with Crippen LogP contribution in [0, 0.1) is 0 Å². The molecular formula is C21H10Cl2O7. The standard InChI is InChI=1S/C21H10Cl2O7/c22-15-13(24)6-5-10-14(8-3-1-2-4-9(8)20(26)27)11-7-12(21(28)29)17(25)16(23)19(11)30-18(10)15/h1-7,24H,(H,26,27)(H,28,29). The molecule has 0 radical (unpaired) electrons. The average Bonchev–Trinajstić information content (AvgIpc) is 2.72. The quantitative estimate of drug-likeness (QED) is 0.380. The molecule has 1 aliphatic heterocycles. The Kier molecular flexibility index (Phi) is 4.64. The highest BCUT2D eigenvalue weighted by molar-refractivity contribution is 6.37. The van der Waals surface area contributed by atoms with Crippen LogP contribution in [0.1, 0.15) is 20.7 Å². The van der Waals surface area contributed by atoms with Crippen LogP contribution in [-0.2, 0) is 0 Å². The summed E-state index contributed by atoms with van der Waals surface area (Å²) in [5.41, 5.74) is -1.09. The molecule has 2 aromatic carbocycles.